The van der Waals surface area contributed by atoms with Gasteiger partial charge in [-0.25, -0.2) is 9.97 Å². The fourth-order valence-corrected chi connectivity index (χ4v) is 2.35. The average molecular weight is 364 g/mol. The number of aryl methyl sites for hydroxylation is 1. The molecular formula is C19H14ClN5O. The quantitative estimate of drug-likeness (QED) is 0.720. The van der Waals surface area contributed by atoms with E-state index in [2.05, 4.69) is 26.7 Å². The summed E-state index contributed by atoms with van der Waals surface area (Å²) in [5.74, 6) is -0.0448. The number of anilines is 3. The third-order valence-electron chi connectivity index (χ3n) is 3.46. The van der Waals surface area contributed by atoms with Crippen molar-refractivity contribution in [3.8, 4) is 6.07 Å². The number of nitrogens with zero attached hydrogens (tertiary/aromatic N) is 3. The summed E-state index contributed by atoms with van der Waals surface area (Å²) in [6.07, 6.45) is 0. The molecule has 2 aromatic carbocycles. The number of benzene rings is 2. The number of nitrogens with one attached hydrogen (secondary N) is 2. The molecule has 0 aliphatic carbocycles. The first-order chi connectivity index (χ1) is 12.5. The predicted octanol–water partition coefficient (Wildman–Crippen LogP) is 4.31. The van der Waals surface area contributed by atoms with Crippen LogP contribution < -0.4 is 10.6 Å². The van der Waals surface area contributed by atoms with E-state index in [4.69, 9.17) is 16.9 Å². The Balaban J connectivity index is 1.79. The normalized spacial score (nSPS) is 10.0. The van der Waals surface area contributed by atoms with Crippen LogP contribution in [0.3, 0.4) is 0 Å². The maximum Gasteiger partial charge on any atom is 0.274 e. The number of aromatic nitrogens is 2. The second-order valence-electron chi connectivity index (χ2n) is 5.49. The van der Waals surface area contributed by atoms with Crippen LogP contribution in [-0.2, 0) is 0 Å². The Hall–Kier alpha value is -3.43. The maximum atomic E-state index is 12.4. The summed E-state index contributed by atoms with van der Waals surface area (Å²) in [7, 11) is 0. The molecule has 1 aromatic heterocycles. The number of rotatable bonds is 4. The maximum absolute atomic E-state index is 12.4. The van der Waals surface area contributed by atoms with Gasteiger partial charge in [0.05, 0.1) is 11.6 Å². The summed E-state index contributed by atoms with van der Waals surface area (Å²) >= 11 is 5.84. The monoisotopic (exact) mass is 363 g/mol. The van der Waals surface area contributed by atoms with E-state index in [0.717, 1.165) is 5.69 Å². The zero-order chi connectivity index (χ0) is 18.5. The molecule has 0 spiro atoms. The summed E-state index contributed by atoms with van der Waals surface area (Å²) in [6.45, 7) is 1.78. The van der Waals surface area contributed by atoms with Gasteiger partial charge in [-0.05, 0) is 61.5 Å². The molecule has 1 amide bonds. The van der Waals surface area contributed by atoms with E-state index in [9.17, 15) is 4.79 Å². The van der Waals surface area contributed by atoms with Gasteiger partial charge in [0, 0.05) is 22.1 Å². The number of nitriles is 1. The summed E-state index contributed by atoms with van der Waals surface area (Å²) in [5, 5.41) is 15.2. The van der Waals surface area contributed by atoms with E-state index in [1.54, 1.807) is 61.5 Å². The minimum Gasteiger partial charge on any atom is -0.324 e. The van der Waals surface area contributed by atoms with Gasteiger partial charge in [-0.3, -0.25) is 4.79 Å². The Morgan fingerprint density at radius 2 is 1.69 bits per heavy atom. The molecule has 0 radical (unpaired) electrons. The number of amides is 1. The van der Waals surface area contributed by atoms with Crippen molar-refractivity contribution >= 4 is 34.8 Å². The smallest absolute Gasteiger partial charge is 0.274 e. The summed E-state index contributed by atoms with van der Waals surface area (Å²) < 4.78 is 0. The van der Waals surface area contributed by atoms with Crippen molar-refractivity contribution in [1.29, 1.82) is 5.26 Å². The Bertz CT molecular complexity index is 978. The largest absolute Gasteiger partial charge is 0.324 e. The molecule has 2 N–H and O–H groups in total. The topological polar surface area (TPSA) is 90.7 Å². The van der Waals surface area contributed by atoms with Gasteiger partial charge in [0.2, 0.25) is 5.95 Å². The highest BCUT2D eigenvalue weighted by molar-refractivity contribution is 6.30. The van der Waals surface area contributed by atoms with Crippen LogP contribution in [0.15, 0.2) is 54.6 Å². The third kappa shape index (κ3) is 4.35. The van der Waals surface area contributed by atoms with E-state index < -0.39 is 0 Å². The lowest BCUT2D eigenvalue weighted by molar-refractivity contribution is 0.102. The molecule has 6 nitrogen and oxygen atoms in total. The number of hydrogen-bond donors (Lipinski definition) is 2. The molecule has 0 atom stereocenters. The number of hydrogen-bond acceptors (Lipinski definition) is 5. The van der Waals surface area contributed by atoms with Gasteiger partial charge >= 0.3 is 0 Å². The molecule has 0 bridgehead atoms. The van der Waals surface area contributed by atoms with Gasteiger partial charge < -0.3 is 10.6 Å². The van der Waals surface area contributed by atoms with Crippen LogP contribution in [0.4, 0.5) is 17.3 Å². The van der Waals surface area contributed by atoms with Crippen LogP contribution in [-0.4, -0.2) is 15.9 Å². The van der Waals surface area contributed by atoms with Gasteiger partial charge in [-0.15, -0.1) is 0 Å². The molecule has 26 heavy (non-hydrogen) atoms. The highest BCUT2D eigenvalue weighted by Gasteiger charge is 2.11. The van der Waals surface area contributed by atoms with Crippen LogP contribution in [0.2, 0.25) is 5.02 Å². The second kappa shape index (κ2) is 7.64. The lowest BCUT2D eigenvalue weighted by atomic mass is 10.2. The highest BCUT2D eigenvalue weighted by atomic mass is 35.5. The van der Waals surface area contributed by atoms with Crippen molar-refractivity contribution < 1.29 is 4.79 Å². The molecule has 3 aromatic rings. The fraction of sp³-hybridized carbons (Fsp3) is 0.0526. The SMILES string of the molecule is Cc1cc(C(=O)Nc2ccc(Cl)cc2)nc(Nc2ccc(C#N)cc2)n1. The Morgan fingerprint density at radius 1 is 1.04 bits per heavy atom. The minimum absolute atomic E-state index is 0.239. The zero-order valence-corrected chi connectivity index (χ0v) is 14.6. The van der Waals surface area contributed by atoms with E-state index in [1.165, 1.54) is 0 Å². The zero-order valence-electron chi connectivity index (χ0n) is 13.8. The molecular weight excluding hydrogens is 350 g/mol. The molecule has 7 heteroatoms. The van der Waals surface area contributed by atoms with Gasteiger partial charge in [-0.2, -0.15) is 5.26 Å². The molecule has 0 fully saturated rings. The van der Waals surface area contributed by atoms with Crippen LogP contribution >= 0.6 is 11.6 Å². The summed E-state index contributed by atoms with van der Waals surface area (Å²) in [5.41, 5.74) is 2.79. The lowest BCUT2D eigenvalue weighted by Crippen LogP contribution is -2.15. The Morgan fingerprint density at radius 3 is 2.35 bits per heavy atom. The van der Waals surface area contributed by atoms with Crippen LogP contribution in [0.25, 0.3) is 0 Å². The molecule has 1 heterocycles. The number of halogens is 1. The van der Waals surface area contributed by atoms with Gasteiger partial charge in [0.25, 0.3) is 5.91 Å². The molecule has 0 aliphatic rings. The van der Waals surface area contributed by atoms with Crippen molar-refractivity contribution in [3.63, 3.8) is 0 Å². The van der Waals surface area contributed by atoms with E-state index in [1.807, 2.05) is 0 Å². The number of carbonyl (C=O) groups excluding carboxylic acids is 1. The van der Waals surface area contributed by atoms with E-state index in [-0.39, 0.29) is 11.6 Å². The first-order valence-corrected chi connectivity index (χ1v) is 8.11. The molecule has 128 valence electrons. The summed E-state index contributed by atoms with van der Waals surface area (Å²) in [4.78, 5) is 21.0. The molecule has 0 saturated heterocycles. The third-order valence-corrected chi connectivity index (χ3v) is 3.71. The first kappa shape index (κ1) is 17.4. The van der Waals surface area contributed by atoms with Gasteiger partial charge in [0.1, 0.15) is 5.69 Å². The second-order valence-corrected chi connectivity index (χ2v) is 5.93. The van der Waals surface area contributed by atoms with Crippen LogP contribution in [0.1, 0.15) is 21.7 Å². The number of carbonyl (C=O) groups is 1. The first-order valence-electron chi connectivity index (χ1n) is 7.73. The molecule has 0 unspecified atom stereocenters. The van der Waals surface area contributed by atoms with Crippen LogP contribution in [0.5, 0.6) is 0 Å². The van der Waals surface area contributed by atoms with Gasteiger partial charge in [-0.1, -0.05) is 11.6 Å². The van der Waals surface area contributed by atoms with E-state index >= 15 is 0 Å². The average Bonchev–Trinajstić information content (AvgIpc) is 2.64. The standard InChI is InChI=1S/C19H14ClN5O/c1-12-10-17(18(26)23-15-8-4-14(20)5-9-15)25-19(22-12)24-16-6-2-13(11-21)3-7-16/h2-10H,1H3,(H,23,26)(H,22,24,25). The molecule has 3 rings (SSSR count). The van der Waals surface area contributed by atoms with Crippen molar-refractivity contribution in [3.05, 3.63) is 76.6 Å². The highest BCUT2D eigenvalue weighted by Crippen LogP contribution is 2.17. The van der Waals surface area contributed by atoms with Gasteiger partial charge in [0.15, 0.2) is 0 Å². The molecule has 0 saturated carbocycles. The van der Waals surface area contributed by atoms with E-state index in [0.29, 0.717) is 27.9 Å². The minimum atomic E-state index is -0.347. The molecule has 0 aliphatic heterocycles. The van der Waals surface area contributed by atoms with Crippen molar-refractivity contribution in [2.45, 2.75) is 6.92 Å². The predicted molar refractivity (Wildman–Crippen MR) is 101 cm³/mol. The summed E-state index contributed by atoms with van der Waals surface area (Å²) in [6, 6.07) is 17.3. The van der Waals surface area contributed by atoms with Crippen LogP contribution in [0, 0.1) is 18.3 Å². The Kier molecular flexibility index (Phi) is 5.11. The van der Waals surface area contributed by atoms with Crippen molar-refractivity contribution in [1.82, 2.24) is 9.97 Å². The van der Waals surface area contributed by atoms with Crippen molar-refractivity contribution in [2.75, 3.05) is 10.6 Å². The lowest BCUT2D eigenvalue weighted by Gasteiger charge is -2.09. The Labute approximate surface area is 155 Å². The fourth-order valence-electron chi connectivity index (χ4n) is 2.23. The van der Waals surface area contributed by atoms with Crippen molar-refractivity contribution in [2.24, 2.45) is 0 Å².